The molecule has 1 amide bonds. The van der Waals surface area contributed by atoms with E-state index in [0.717, 1.165) is 3.57 Å². The van der Waals surface area contributed by atoms with Gasteiger partial charge in [0.15, 0.2) is 0 Å². The molecule has 0 aliphatic carbocycles. The molecule has 2 rings (SSSR count). The molecule has 1 saturated heterocycles. The number of hydrogen-bond donors (Lipinski definition) is 1. The summed E-state index contributed by atoms with van der Waals surface area (Å²) in [7, 11) is 0. The Bertz CT molecular complexity index is 404. The normalized spacial score (nSPS) is 16.3. The lowest BCUT2D eigenvalue weighted by Gasteiger charge is -2.35. The van der Waals surface area contributed by atoms with Gasteiger partial charge in [-0.1, -0.05) is 11.6 Å². The molecule has 1 N–H and O–H groups in total. The summed E-state index contributed by atoms with van der Waals surface area (Å²) in [6.07, 6.45) is -0.361. The third kappa shape index (κ3) is 2.26. The molecule has 5 heteroatoms. The molecule has 15 heavy (non-hydrogen) atoms. The van der Waals surface area contributed by atoms with Crippen LogP contribution in [0.15, 0.2) is 18.2 Å². The van der Waals surface area contributed by atoms with Crippen LogP contribution in [0.1, 0.15) is 10.4 Å². The molecule has 1 fully saturated rings. The number of hydrogen-bond acceptors (Lipinski definition) is 2. The summed E-state index contributed by atoms with van der Waals surface area (Å²) in [4.78, 5) is 13.4. The maximum absolute atomic E-state index is 11.8. The fourth-order valence-corrected chi connectivity index (χ4v) is 2.07. The Morgan fingerprint density at radius 1 is 1.53 bits per heavy atom. The third-order valence-corrected chi connectivity index (χ3v) is 3.86. The minimum Gasteiger partial charge on any atom is -0.389 e. The first-order valence-electron chi connectivity index (χ1n) is 4.50. The molecule has 0 radical (unpaired) electrons. The van der Waals surface area contributed by atoms with Crippen LogP contribution >= 0.6 is 34.2 Å². The maximum Gasteiger partial charge on any atom is 0.254 e. The fourth-order valence-electron chi connectivity index (χ4n) is 1.43. The molecule has 3 nitrogen and oxygen atoms in total. The second-order valence-corrected chi connectivity index (χ2v) is 5.06. The number of likely N-dealkylation sites (tertiary alicyclic amines) is 1. The number of carbonyl (C=O) groups is 1. The van der Waals surface area contributed by atoms with Gasteiger partial charge in [-0.15, -0.1) is 0 Å². The lowest BCUT2D eigenvalue weighted by atomic mass is 10.1. The smallest absolute Gasteiger partial charge is 0.254 e. The minimum atomic E-state index is -0.361. The zero-order chi connectivity index (χ0) is 11.0. The van der Waals surface area contributed by atoms with Crippen LogP contribution in [0.4, 0.5) is 0 Å². The number of aliphatic hydroxyl groups excluding tert-OH is 1. The molecule has 80 valence electrons. The van der Waals surface area contributed by atoms with Gasteiger partial charge < -0.3 is 10.0 Å². The maximum atomic E-state index is 11.8. The van der Waals surface area contributed by atoms with E-state index in [4.69, 9.17) is 16.7 Å². The Morgan fingerprint density at radius 2 is 2.20 bits per heavy atom. The number of amides is 1. The zero-order valence-corrected chi connectivity index (χ0v) is 10.7. The summed E-state index contributed by atoms with van der Waals surface area (Å²) >= 11 is 7.95. The van der Waals surface area contributed by atoms with Gasteiger partial charge in [0.1, 0.15) is 0 Å². The monoisotopic (exact) mass is 337 g/mol. The second kappa shape index (κ2) is 4.27. The van der Waals surface area contributed by atoms with E-state index in [2.05, 4.69) is 22.6 Å². The molecule has 0 spiro atoms. The Labute approximate surface area is 106 Å². The molecule has 0 aromatic heterocycles. The van der Waals surface area contributed by atoms with E-state index in [1.54, 1.807) is 23.1 Å². The quantitative estimate of drug-likeness (QED) is 0.794. The van der Waals surface area contributed by atoms with E-state index in [9.17, 15) is 4.79 Å². The van der Waals surface area contributed by atoms with E-state index in [1.807, 2.05) is 0 Å². The van der Waals surface area contributed by atoms with Crippen LogP contribution in [0.3, 0.4) is 0 Å². The van der Waals surface area contributed by atoms with Gasteiger partial charge in [-0.3, -0.25) is 4.79 Å². The number of rotatable bonds is 1. The number of benzene rings is 1. The predicted molar refractivity (Wildman–Crippen MR) is 66.1 cm³/mol. The molecule has 1 aliphatic heterocycles. The summed E-state index contributed by atoms with van der Waals surface area (Å²) < 4.78 is 0.862. The van der Waals surface area contributed by atoms with Crippen molar-refractivity contribution < 1.29 is 9.90 Å². The van der Waals surface area contributed by atoms with Crippen molar-refractivity contribution in [3.05, 3.63) is 32.4 Å². The predicted octanol–water partition coefficient (Wildman–Crippen LogP) is 1.76. The van der Waals surface area contributed by atoms with Gasteiger partial charge in [0.2, 0.25) is 0 Å². The SMILES string of the molecule is O=C(c1ccc(Cl)c(I)c1)N1CC(O)C1. The van der Waals surface area contributed by atoms with Gasteiger partial charge >= 0.3 is 0 Å². The van der Waals surface area contributed by atoms with E-state index in [-0.39, 0.29) is 12.0 Å². The van der Waals surface area contributed by atoms with E-state index in [0.29, 0.717) is 23.7 Å². The van der Waals surface area contributed by atoms with E-state index < -0.39 is 0 Å². The number of nitrogens with zero attached hydrogens (tertiary/aromatic N) is 1. The lowest BCUT2D eigenvalue weighted by Crippen LogP contribution is -2.53. The van der Waals surface area contributed by atoms with Crippen LogP contribution in [0.5, 0.6) is 0 Å². The van der Waals surface area contributed by atoms with E-state index in [1.165, 1.54) is 0 Å². The van der Waals surface area contributed by atoms with Crippen LogP contribution < -0.4 is 0 Å². The molecule has 0 atom stereocenters. The number of halogens is 2. The highest BCUT2D eigenvalue weighted by Gasteiger charge is 2.29. The Balaban J connectivity index is 2.16. The first-order valence-corrected chi connectivity index (χ1v) is 5.96. The molecule has 1 heterocycles. The first kappa shape index (κ1) is 11.2. The highest BCUT2D eigenvalue weighted by Crippen LogP contribution is 2.21. The molecule has 1 aromatic rings. The zero-order valence-electron chi connectivity index (χ0n) is 7.78. The van der Waals surface area contributed by atoms with Gasteiger partial charge in [0.05, 0.1) is 11.1 Å². The van der Waals surface area contributed by atoms with Crippen molar-refractivity contribution in [3.8, 4) is 0 Å². The van der Waals surface area contributed by atoms with Gasteiger partial charge in [-0.25, -0.2) is 0 Å². The largest absolute Gasteiger partial charge is 0.389 e. The average Bonchev–Trinajstić information content (AvgIpc) is 2.16. The van der Waals surface area contributed by atoms with Crippen molar-refractivity contribution in [3.63, 3.8) is 0 Å². The lowest BCUT2D eigenvalue weighted by molar-refractivity contribution is 0.00589. The average molecular weight is 338 g/mol. The van der Waals surface area contributed by atoms with Crippen LogP contribution in [-0.2, 0) is 0 Å². The van der Waals surface area contributed by atoms with Crippen LogP contribution in [0.2, 0.25) is 5.02 Å². The van der Waals surface area contributed by atoms with Crippen molar-refractivity contribution in [1.82, 2.24) is 4.90 Å². The van der Waals surface area contributed by atoms with Crippen molar-refractivity contribution >= 4 is 40.1 Å². The molecular formula is C10H9ClINO2. The van der Waals surface area contributed by atoms with Gasteiger partial charge in [0, 0.05) is 22.2 Å². The minimum absolute atomic E-state index is 0.0464. The Hall–Kier alpha value is -0.330. The van der Waals surface area contributed by atoms with Crippen molar-refractivity contribution in [2.45, 2.75) is 6.10 Å². The van der Waals surface area contributed by atoms with Crippen LogP contribution in [0.25, 0.3) is 0 Å². The van der Waals surface area contributed by atoms with Crippen LogP contribution in [0, 0.1) is 3.57 Å². The summed E-state index contributed by atoms with van der Waals surface area (Å²) in [5.41, 5.74) is 0.621. The summed E-state index contributed by atoms with van der Waals surface area (Å²) in [6.45, 7) is 0.857. The fraction of sp³-hybridized carbons (Fsp3) is 0.300. The Morgan fingerprint density at radius 3 is 2.73 bits per heavy atom. The molecule has 0 unspecified atom stereocenters. The van der Waals surface area contributed by atoms with Gasteiger partial charge in [0.25, 0.3) is 5.91 Å². The topological polar surface area (TPSA) is 40.5 Å². The number of carbonyl (C=O) groups excluding carboxylic acids is 1. The van der Waals surface area contributed by atoms with Crippen LogP contribution in [-0.4, -0.2) is 35.1 Å². The van der Waals surface area contributed by atoms with Crippen molar-refractivity contribution in [2.24, 2.45) is 0 Å². The van der Waals surface area contributed by atoms with Crippen molar-refractivity contribution in [1.29, 1.82) is 0 Å². The van der Waals surface area contributed by atoms with Gasteiger partial charge in [-0.05, 0) is 40.8 Å². The van der Waals surface area contributed by atoms with Gasteiger partial charge in [-0.2, -0.15) is 0 Å². The summed E-state index contributed by atoms with van der Waals surface area (Å²) in [6, 6.07) is 5.18. The third-order valence-electron chi connectivity index (χ3n) is 2.32. The molecule has 1 aromatic carbocycles. The molecule has 0 saturated carbocycles. The Kier molecular flexibility index (Phi) is 3.18. The first-order chi connectivity index (χ1) is 7.08. The second-order valence-electron chi connectivity index (χ2n) is 3.49. The number of aliphatic hydroxyl groups is 1. The summed E-state index contributed by atoms with van der Waals surface area (Å²) in [5.74, 6) is -0.0464. The highest BCUT2D eigenvalue weighted by atomic mass is 127. The number of β-amino-alcohol motifs (C(OH)–C–C–N with tert-alkyl or cyclic N) is 1. The molecule has 0 bridgehead atoms. The highest BCUT2D eigenvalue weighted by molar-refractivity contribution is 14.1. The molecular weight excluding hydrogens is 328 g/mol. The standard InChI is InChI=1S/C10H9ClINO2/c11-8-2-1-6(3-9(8)12)10(15)13-4-7(14)5-13/h1-3,7,14H,4-5H2. The van der Waals surface area contributed by atoms with Crippen molar-refractivity contribution in [2.75, 3.05) is 13.1 Å². The van der Waals surface area contributed by atoms with E-state index >= 15 is 0 Å². The molecule has 1 aliphatic rings. The summed E-state index contributed by atoms with van der Waals surface area (Å²) in [5, 5.41) is 9.75.